The average molecular weight is 308 g/mol. The van der Waals surface area contributed by atoms with Gasteiger partial charge in [-0.1, -0.05) is 46.8 Å². The molecule has 0 aliphatic carbocycles. The van der Waals surface area contributed by atoms with Crippen LogP contribution in [0.2, 0.25) is 5.02 Å². The number of aromatic nitrogens is 2. The van der Waals surface area contributed by atoms with Crippen molar-refractivity contribution in [1.29, 1.82) is 0 Å². The van der Waals surface area contributed by atoms with Crippen LogP contribution >= 0.6 is 50.6 Å². The van der Waals surface area contributed by atoms with Crippen LogP contribution in [0.15, 0.2) is 37.4 Å². The third kappa shape index (κ3) is 2.48. The molecule has 2 aromatic rings. The summed E-state index contributed by atoms with van der Waals surface area (Å²) in [6.07, 6.45) is 0. The van der Waals surface area contributed by atoms with Crippen LogP contribution < -0.4 is 0 Å². The molecule has 14 heavy (non-hydrogen) atoms. The first-order valence-corrected chi connectivity index (χ1v) is 6.47. The Kier molecular flexibility index (Phi) is 3.43. The van der Waals surface area contributed by atoms with Crippen LogP contribution in [0.5, 0.6) is 0 Å². The maximum absolute atomic E-state index is 6.00. The van der Waals surface area contributed by atoms with Crippen molar-refractivity contribution in [2.45, 2.75) is 9.24 Å². The fraction of sp³-hybridized carbons (Fsp3) is 0. The quantitative estimate of drug-likeness (QED) is 0.835. The van der Waals surface area contributed by atoms with Crippen LogP contribution in [-0.4, -0.2) is 10.2 Å². The van der Waals surface area contributed by atoms with E-state index >= 15 is 0 Å². The summed E-state index contributed by atoms with van der Waals surface area (Å²) in [5.74, 6) is 0. The smallest absolute Gasteiger partial charge is 0.130 e. The van der Waals surface area contributed by atoms with Gasteiger partial charge in [-0.3, -0.25) is 0 Å². The molecule has 0 saturated carbocycles. The maximum atomic E-state index is 6.00. The molecule has 0 atom stereocenters. The van der Waals surface area contributed by atoms with Gasteiger partial charge in [0.1, 0.15) is 0 Å². The van der Waals surface area contributed by atoms with E-state index in [1.165, 1.54) is 23.1 Å². The van der Waals surface area contributed by atoms with E-state index in [2.05, 4.69) is 26.1 Å². The topological polar surface area (TPSA) is 25.8 Å². The standard InChI is InChI=1S/C8H4BrClN2S2/c9-7-11-12-8(14-7)13-6-4-2-1-3-5(6)10/h1-4H. The highest BCUT2D eigenvalue weighted by molar-refractivity contribution is 9.11. The molecule has 2 nitrogen and oxygen atoms in total. The second-order valence-electron chi connectivity index (χ2n) is 2.35. The molecule has 6 heteroatoms. The highest BCUT2D eigenvalue weighted by Gasteiger charge is 2.06. The first-order valence-electron chi connectivity index (χ1n) is 3.67. The van der Waals surface area contributed by atoms with Gasteiger partial charge in [0.15, 0.2) is 8.26 Å². The van der Waals surface area contributed by atoms with Crippen molar-refractivity contribution in [2.24, 2.45) is 0 Å². The molecule has 0 aliphatic heterocycles. The van der Waals surface area contributed by atoms with Crippen molar-refractivity contribution in [3.05, 3.63) is 33.2 Å². The molecule has 1 heterocycles. The Labute approximate surface area is 103 Å². The Bertz CT molecular complexity index is 446. The summed E-state index contributed by atoms with van der Waals surface area (Å²) in [5.41, 5.74) is 0. The van der Waals surface area contributed by atoms with Crippen LogP contribution in [0.4, 0.5) is 0 Å². The zero-order valence-electron chi connectivity index (χ0n) is 6.78. The predicted octanol–water partition coefficient (Wildman–Crippen LogP) is 4.11. The number of hydrogen-bond donors (Lipinski definition) is 0. The summed E-state index contributed by atoms with van der Waals surface area (Å²) in [6, 6.07) is 7.68. The molecule has 0 N–H and O–H groups in total. The molecule has 0 radical (unpaired) electrons. The first-order chi connectivity index (χ1) is 6.75. The normalized spacial score (nSPS) is 10.4. The van der Waals surface area contributed by atoms with Gasteiger partial charge in [0.2, 0.25) is 0 Å². The summed E-state index contributed by atoms with van der Waals surface area (Å²) in [7, 11) is 0. The van der Waals surface area contributed by atoms with E-state index in [0.717, 1.165) is 18.2 Å². The Morgan fingerprint density at radius 2 is 2.07 bits per heavy atom. The third-order valence-electron chi connectivity index (χ3n) is 1.42. The Morgan fingerprint density at radius 1 is 1.29 bits per heavy atom. The Hall–Kier alpha value is -0.100. The monoisotopic (exact) mass is 306 g/mol. The van der Waals surface area contributed by atoms with Crippen molar-refractivity contribution in [3.63, 3.8) is 0 Å². The minimum atomic E-state index is 0.740. The van der Waals surface area contributed by atoms with Gasteiger partial charge in [-0.05, 0) is 28.1 Å². The lowest BCUT2D eigenvalue weighted by atomic mass is 10.4. The number of halogens is 2. The van der Waals surface area contributed by atoms with Gasteiger partial charge in [-0.15, -0.1) is 10.2 Å². The van der Waals surface area contributed by atoms with Crippen LogP contribution in [0.25, 0.3) is 0 Å². The molecule has 1 aromatic heterocycles. The second kappa shape index (κ2) is 4.61. The summed E-state index contributed by atoms with van der Waals surface area (Å²) in [6.45, 7) is 0. The van der Waals surface area contributed by atoms with Crippen molar-refractivity contribution >= 4 is 50.6 Å². The number of benzene rings is 1. The summed E-state index contributed by atoms with van der Waals surface area (Å²) in [5, 5.41) is 8.58. The molecule has 0 amide bonds. The van der Waals surface area contributed by atoms with Gasteiger partial charge >= 0.3 is 0 Å². The minimum Gasteiger partial charge on any atom is -0.130 e. The lowest BCUT2D eigenvalue weighted by Gasteiger charge is -1.98. The van der Waals surface area contributed by atoms with E-state index < -0.39 is 0 Å². The molecule has 0 fully saturated rings. The number of rotatable bonds is 2. The summed E-state index contributed by atoms with van der Waals surface area (Å²) >= 11 is 12.3. The largest absolute Gasteiger partial charge is 0.184 e. The third-order valence-corrected chi connectivity index (χ3v) is 4.34. The summed E-state index contributed by atoms with van der Waals surface area (Å²) in [4.78, 5) is 0.998. The molecule has 0 spiro atoms. The van der Waals surface area contributed by atoms with Crippen LogP contribution in [0.3, 0.4) is 0 Å². The van der Waals surface area contributed by atoms with E-state index in [1.807, 2.05) is 24.3 Å². The molecule has 72 valence electrons. The van der Waals surface area contributed by atoms with E-state index in [4.69, 9.17) is 11.6 Å². The van der Waals surface area contributed by atoms with Crippen molar-refractivity contribution < 1.29 is 0 Å². The van der Waals surface area contributed by atoms with Gasteiger partial charge in [0.05, 0.1) is 5.02 Å². The van der Waals surface area contributed by atoms with Crippen LogP contribution in [-0.2, 0) is 0 Å². The lowest BCUT2D eigenvalue weighted by molar-refractivity contribution is 0.997. The van der Waals surface area contributed by atoms with Crippen molar-refractivity contribution in [2.75, 3.05) is 0 Å². The molecular formula is C8H4BrClN2S2. The van der Waals surface area contributed by atoms with E-state index in [0.29, 0.717) is 0 Å². The van der Waals surface area contributed by atoms with E-state index in [-0.39, 0.29) is 0 Å². The molecule has 0 aliphatic rings. The first kappa shape index (κ1) is 10.4. The maximum Gasteiger partial charge on any atom is 0.184 e. The zero-order valence-corrected chi connectivity index (χ0v) is 10.8. The molecular weight excluding hydrogens is 304 g/mol. The van der Waals surface area contributed by atoms with E-state index in [9.17, 15) is 0 Å². The van der Waals surface area contributed by atoms with Crippen LogP contribution in [0, 0.1) is 0 Å². The van der Waals surface area contributed by atoms with Gasteiger partial charge in [0.25, 0.3) is 0 Å². The Morgan fingerprint density at radius 3 is 2.71 bits per heavy atom. The predicted molar refractivity (Wildman–Crippen MR) is 63.2 cm³/mol. The van der Waals surface area contributed by atoms with Gasteiger partial charge in [-0.25, -0.2) is 0 Å². The Balaban J connectivity index is 2.23. The molecule has 2 rings (SSSR count). The molecule has 0 bridgehead atoms. The fourth-order valence-corrected chi connectivity index (χ4v) is 3.53. The highest BCUT2D eigenvalue weighted by Crippen LogP contribution is 2.35. The van der Waals surface area contributed by atoms with Crippen LogP contribution in [0.1, 0.15) is 0 Å². The minimum absolute atomic E-state index is 0.740. The molecule has 0 unspecified atom stereocenters. The van der Waals surface area contributed by atoms with Crippen molar-refractivity contribution in [3.8, 4) is 0 Å². The fourth-order valence-electron chi connectivity index (χ4n) is 0.856. The van der Waals surface area contributed by atoms with Gasteiger partial charge < -0.3 is 0 Å². The number of hydrogen-bond acceptors (Lipinski definition) is 4. The molecule has 1 aromatic carbocycles. The highest BCUT2D eigenvalue weighted by atomic mass is 79.9. The lowest BCUT2D eigenvalue weighted by Crippen LogP contribution is -1.74. The SMILES string of the molecule is Clc1ccccc1Sc1nnc(Br)s1. The van der Waals surface area contributed by atoms with Gasteiger partial charge in [-0.2, -0.15) is 0 Å². The van der Waals surface area contributed by atoms with Gasteiger partial charge in [0, 0.05) is 4.90 Å². The molecule has 0 saturated heterocycles. The zero-order chi connectivity index (χ0) is 9.97. The second-order valence-corrected chi connectivity index (χ2v) is 6.30. The number of nitrogens with zero attached hydrogens (tertiary/aromatic N) is 2. The average Bonchev–Trinajstić information content (AvgIpc) is 2.56. The summed E-state index contributed by atoms with van der Waals surface area (Å²) < 4.78 is 1.66. The van der Waals surface area contributed by atoms with Crippen molar-refractivity contribution in [1.82, 2.24) is 10.2 Å². The van der Waals surface area contributed by atoms with E-state index in [1.54, 1.807) is 0 Å².